The van der Waals surface area contributed by atoms with Gasteiger partial charge in [-0.2, -0.15) is 0 Å². The van der Waals surface area contributed by atoms with Crippen molar-refractivity contribution in [3.63, 3.8) is 0 Å². The van der Waals surface area contributed by atoms with Crippen LogP contribution in [0.1, 0.15) is 0 Å². The van der Waals surface area contributed by atoms with Crippen LogP contribution in [0.25, 0.3) is 0 Å². The van der Waals surface area contributed by atoms with Gasteiger partial charge in [0.25, 0.3) is 0 Å². The standard InChI is InChI=1S/C4H4NO2S2.3CH3.Sn/c5-9(6,7)4-2-1-3-8-4;;;;/h1,3H,(H2,5,6,7);3*1H3;. The molecular formula is C7H13NO2S2Sn. The molecule has 0 spiro atoms. The van der Waals surface area contributed by atoms with E-state index in [4.69, 9.17) is 5.14 Å². The molecule has 1 rings (SSSR count). The Balaban J connectivity index is 3.35. The third-order valence-corrected chi connectivity index (χ3v) is 11.0. The number of nitrogens with two attached hydrogens (primary N) is 1. The molecule has 13 heavy (non-hydrogen) atoms. The summed E-state index contributed by atoms with van der Waals surface area (Å²) >= 11 is -1.08. The zero-order chi connectivity index (χ0) is 10.3. The number of primary sulfonamides is 1. The summed E-state index contributed by atoms with van der Waals surface area (Å²) in [5.41, 5.74) is 0. The van der Waals surface area contributed by atoms with Gasteiger partial charge in [0.2, 0.25) is 0 Å². The fraction of sp³-hybridized carbons (Fsp3) is 0.429. The second kappa shape index (κ2) is 3.52. The van der Waals surface area contributed by atoms with Crippen LogP contribution in [0.3, 0.4) is 0 Å². The molecule has 0 saturated heterocycles. The summed E-state index contributed by atoms with van der Waals surface area (Å²) in [5.74, 6) is 0. The predicted octanol–water partition coefficient (Wildman–Crippen LogP) is 0.941. The van der Waals surface area contributed by atoms with Crippen molar-refractivity contribution >= 4 is 43.3 Å². The predicted molar refractivity (Wildman–Crippen MR) is 58.7 cm³/mol. The van der Waals surface area contributed by atoms with Crippen molar-refractivity contribution in [2.75, 3.05) is 0 Å². The Morgan fingerprint density at radius 3 is 2.23 bits per heavy atom. The molecule has 3 nitrogen and oxygen atoms in total. The molecule has 0 atom stereocenters. The van der Waals surface area contributed by atoms with Gasteiger partial charge < -0.3 is 0 Å². The molecule has 0 radical (unpaired) electrons. The first-order valence-corrected chi connectivity index (χ1v) is 16.3. The third-order valence-electron chi connectivity index (χ3n) is 1.70. The second-order valence-electron chi connectivity index (χ2n) is 3.92. The first-order chi connectivity index (χ1) is 5.73. The Kier molecular flexibility index (Phi) is 3.11. The summed E-state index contributed by atoms with van der Waals surface area (Å²) < 4.78 is 23.7. The molecule has 0 aliphatic carbocycles. The Bertz CT molecular complexity index is 402. The number of sulfonamides is 1. The van der Waals surface area contributed by atoms with Gasteiger partial charge in [-0.3, -0.25) is 0 Å². The van der Waals surface area contributed by atoms with E-state index in [9.17, 15) is 8.42 Å². The minimum absolute atomic E-state index is 0.371. The van der Waals surface area contributed by atoms with Crippen LogP contribution in [0.15, 0.2) is 15.7 Å². The topological polar surface area (TPSA) is 60.2 Å². The molecule has 0 unspecified atom stereocenters. The molecule has 0 saturated carbocycles. The van der Waals surface area contributed by atoms with Crippen LogP contribution in [0, 0.1) is 0 Å². The Morgan fingerprint density at radius 2 is 1.92 bits per heavy atom. The average Bonchev–Trinajstić information content (AvgIpc) is 2.27. The van der Waals surface area contributed by atoms with Crippen LogP contribution in [-0.2, 0) is 10.0 Å². The Hall–Kier alpha value is 0.409. The molecular weight excluding hydrogens is 313 g/mol. The Morgan fingerprint density at radius 1 is 1.38 bits per heavy atom. The normalized spacial score (nSPS) is 13.2. The SMILES string of the molecule is [CH3][Sn]([CH3])([CH3])[c]1ccsc1S(N)(=O)=O. The molecule has 0 aliphatic rings. The van der Waals surface area contributed by atoms with Crippen molar-refractivity contribution in [2.45, 2.75) is 19.0 Å². The van der Waals surface area contributed by atoms with Gasteiger partial charge >= 0.3 is 87.3 Å². The summed E-state index contributed by atoms with van der Waals surface area (Å²) in [6.45, 7) is 0. The van der Waals surface area contributed by atoms with E-state index in [-0.39, 0.29) is 0 Å². The van der Waals surface area contributed by atoms with Gasteiger partial charge in [0.05, 0.1) is 0 Å². The van der Waals surface area contributed by atoms with Crippen LogP contribution >= 0.6 is 11.3 Å². The summed E-state index contributed by atoms with van der Waals surface area (Å²) in [5, 5.41) is 6.92. The number of thiophene rings is 1. The summed E-state index contributed by atoms with van der Waals surface area (Å²) in [4.78, 5) is 6.52. The first-order valence-electron chi connectivity index (χ1n) is 3.83. The molecule has 0 bridgehead atoms. The molecule has 1 aromatic rings. The van der Waals surface area contributed by atoms with Gasteiger partial charge in [0.1, 0.15) is 0 Å². The molecule has 0 aliphatic heterocycles. The van der Waals surface area contributed by atoms with Gasteiger partial charge in [-0.05, 0) is 0 Å². The van der Waals surface area contributed by atoms with Gasteiger partial charge in [-0.1, -0.05) is 0 Å². The molecule has 74 valence electrons. The van der Waals surface area contributed by atoms with E-state index >= 15 is 0 Å². The van der Waals surface area contributed by atoms with Gasteiger partial charge in [0, 0.05) is 0 Å². The zero-order valence-electron chi connectivity index (χ0n) is 7.87. The second-order valence-corrected chi connectivity index (χ2v) is 21.0. The van der Waals surface area contributed by atoms with E-state index < -0.39 is 28.4 Å². The van der Waals surface area contributed by atoms with E-state index in [0.29, 0.717) is 4.21 Å². The van der Waals surface area contributed by atoms with E-state index in [1.807, 2.05) is 6.07 Å². The molecule has 1 aromatic heterocycles. The maximum absolute atomic E-state index is 11.2. The molecule has 0 amide bonds. The van der Waals surface area contributed by atoms with Crippen LogP contribution in [0.2, 0.25) is 14.8 Å². The maximum atomic E-state index is 11.2. The van der Waals surface area contributed by atoms with Crippen LogP contribution in [-0.4, -0.2) is 26.8 Å². The van der Waals surface area contributed by atoms with E-state index in [0.717, 1.165) is 3.58 Å². The minimum atomic E-state index is -3.50. The van der Waals surface area contributed by atoms with Crippen LogP contribution in [0.5, 0.6) is 0 Å². The van der Waals surface area contributed by atoms with Gasteiger partial charge in [-0.15, -0.1) is 0 Å². The molecule has 1 heterocycles. The third kappa shape index (κ3) is 2.68. The summed E-state index contributed by atoms with van der Waals surface area (Å²) in [6, 6.07) is 1.90. The molecule has 2 N–H and O–H groups in total. The van der Waals surface area contributed by atoms with Crippen LogP contribution < -0.4 is 8.72 Å². The fourth-order valence-corrected chi connectivity index (χ4v) is 12.3. The molecule has 6 heteroatoms. The van der Waals surface area contributed by atoms with Crippen molar-refractivity contribution < 1.29 is 8.42 Å². The van der Waals surface area contributed by atoms with Crippen LogP contribution in [0.4, 0.5) is 0 Å². The van der Waals surface area contributed by atoms with Gasteiger partial charge in [0.15, 0.2) is 0 Å². The van der Waals surface area contributed by atoms with Crippen molar-refractivity contribution in [3.8, 4) is 0 Å². The molecule has 0 aromatic carbocycles. The van der Waals surface area contributed by atoms with E-state index in [1.54, 1.807) is 5.38 Å². The Labute approximate surface area is 86.9 Å². The van der Waals surface area contributed by atoms with Crippen molar-refractivity contribution in [3.05, 3.63) is 11.4 Å². The van der Waals surface area contributed by atoms with Crippen molar-refractivity contribution in [1.82, 2.24) is 0 Å². The van der Waals surface area contributed by atoms with Crippen molar-refractivity contribution in [2.24, 2.45) is 5.14 Å². The first kappa shape index (κ1) is 11.5. The number of hydrogen-bond donors (Lipinski definition) is 1. The van der Waals surface area contributed by atoms with Gasteiger partial charge in [-0.25, -0.2) is 0 Å². The quantitative estimate of drug-likeness (QED) is 0.823. The number of hydrogen-bond acceptors (Lipinski definition) is 3. The van der Waals surface area contributed by atoms with E-state index in [2.05, 4.69) is 14.8 Å². The van der Waals surface area contributed by atoms with E-state index in [1.165, 1.54) is 11.3 Å². The zero-order valence-corrected chi connectivity index (χ0v) is 12.4. The fourth-order valence-electron chi connectivity index (χ4n) is 1.07. The average molecular weight is 326 g/mol. The molecule has 0 fully saturated rings. The monoisotopic (exact) mass is 327 g/mol. The summed E-state index contributed by atoms with van der Waals surface area (Å²) in [7, 11) is -3.50. The van der Waals surface area contributed by atoms with Crippen molar-refractivity contribution in [1.29, 1.82) is 0 Å². The number of rotatable bonds is 2. The summed E-state index contributed by atoms with van der Waals surface area (Å²) in [6.07, 6.45) is 0.